The van der Waals surface area contributed by atoms with Crippen molar-refractivity contribution in [2.45, 2.75) is 20.0 Å². The smallest absolute Gasteiger partial charge is 0.334 e. The van der Waals surface area contributed by atoms with Crippen LogP contribution in [0.1, 0.15) is 12.7 Å². The molecule has 0 atom stereocenters. The Hall–Kier alpha value is -2.44. The topological polar surface area (TPSA) is 60.1 Å². The van der Waals surface area contributed by atoms with Gasteiger partial charge in [0.1, 0.15) is 5.82 Å². The summed E-state index contributed by atoms with van der Waals surface area (Å²) in [5.74, 6) is 0.134. The zero-order valence-corrected chi connectivity index (χ0v) is 10.9. The van der Waals surface area contributed by atoms with Crippen LogP contribution in [0.5, 0.6) is 0 Å². The molecule has 7 heteroatoms. The first-order valence-corrected chi connectivity index (χ1v) is 6.26. The molecule has 2 aromatic rings. The van der Waals surface area contributed by atoms with Crippen LogP contribution < -0.4 is 5.69 Å². The van der Waals surface area contributed by atoms with Gasteiger partial charge in [0.15, 0.2) is 5.82 Å². The summed E-state index contributed by atoms with van der Waals surface area (Å²) in [4.78, 5) is 25.2. The average molecular weight is 276 g/mol. The van der Waals surface area contributed by atoms with Crippen LogP contribution in [0.4, 0.5) is 4.39 Å². The molecule has 0 aliphatic carbocycles. The highest BCUT2D eigenvalue weighted by Gasteiger charge is 2.23. The van der Waals surface area contributed by atoms with Gasteiger partial charge in [0.2, 0.25) is 5.91 Å². The van der Waals surface area contributed by atoms with Crippen molar-refractivity contribution in [3.8, 4) is 5.69 Å². The SMILES string of the molecule is CC(=O)N1CCn2c(nn(-c3ccc(F)cc3)c2=O)C1. The minimum atomic E-state index is -0.367. The summed E-state index contributed by atoms with van der Waals surface area (Å²) in [7, 11) is 0. The number of amides is 1. The Kier molecular flexibility index (Phi) is 2.89. The molecule has 0 bridgehead atoms. The van der Waals surface area contributed by atoms with E-state index < -0.39 is 0 Å². The summed E-state index contributed by atoms with van der Waals surface area (Å²) < 4.78 is 15.7. The molecule has 0 saturated heterocycles. The lowest BCUT2D eigenvalue weighted by Gasteiger charge is -2.25. The van der Waals surface area contributed by atoms with Gasteiger partial charge in [-0.3, -0.25) is 9.36 Å². The number of rotatable bonds is 1. The Morgan fingerprint density at radius 2 is 1.95 bits per heavy atom. The third-order valence-corrected chi connectivity index (χ3v) is 3.38. The second-order valence-electron chi connectivity index (χ2n) is 4.68. The summed E-state index contributed by atoms with van der Waals surface area (Å²) in [5, 5.41) is 4.23. The Morgan fingerprint density at radius 3 is 2.60 bits per heavy atom. The highest BCUT2D eigenvalue weighted by Crippen LogP contribution is 2.11. The first kappa shape index (κ1) is 12.6. The molecule has 0 unspecified atom stereocenters. The lowest BCUT2D eigenvalue weighted by atomic mass is 10.3. The van der Waals surface area contributed by atoms with E-state index in [1.807, 2.05) is 0 Å². The summed E-state index contributed by atoms with van der Waals surface area (Å²) in [5.41, 5.74) is 0.238. The number of nitrogens with zero attached hydrogens (tertiary/aromatic N) is 4. The predicted molar refractivity (Wildman–Crippen MR) is 68.9 cm³/mol. The summed E-state index contributed by atoms with van der Waals surface area (Å²) in [6.45, 7) is 2.73. The molecule has 20 heavy (non-hydrogen) atoms. The predicted octanol–water partition coefficient (Wildman–Crippen LogP) is 0.535. The van der Waals surface area contributed by atoms with E-state index in [9.17, 15) is 14.0 Å². The molecule has 0 spiro atoms. The number of halogens is 1. The van der Waals surface area contributed by atoms with Crippen LogP contribution in [0.15, 0.2) is 29.1 Å². The molecule has 3 rings (SSSR count). The van der Waals surface area contributed by atoms with E-state index in [0.717, 1.165) is 0 Å². The second kappa shape index (κ2) is 4.59. The van der Waals surface area contributed by atoms with Gasteiger partial charge in [-0.25, -0.2) is 9.18 Å². The van der Waals surface area contributed by atoms with E-state index in [2.05, 4.69) is 5.10 Å². The third-order valence-electron chi connectivity index (χ3n) is 3.38. The molecule has 1 aromatic carbocycles. The van der Waals surface area contributed by atoms with Crippen LogP contribution in [0.2, 0.25) is 0 Å². The maximum atomic E-state index is 12.9. The fourth-order valence-electron chi connectivity index (χ4n) is 2.27. The van der Waals surface area contributed by atoms with Gasteiger partial charge in [0.25, 0.3) is 0 Å². The van der Waals surface area contributed by atoms with Crippen molar-refractivity contribution in [3.05, 3.63) is 46.4 Å². The number of fused-ring (bicyclic) bond motifs is 1. The standard InChI is InChI=1S/C13H13FN4O2/c1-9(19)16-6-7-17-12(8-16)15-18(13(17)20)11-4-2-10(14)3-5-11/h2-5H,6-8H2,1H3. The molecule has 0 N–H and O–H groups in total. The van der Waals surface area contributed by atoms with Gasteiger partial charge < -0.3 is 4.90 Å². The number of carbonyl (C=O) groups excluding carboxylic acids is 1. The van der Waals surface area contributed by atoms with Gasteiger partial charge >= 0.3 is 5.69 Å². The van der Waals surface area contributed by atoms with E-state index in [-0.39, 0.29) is 17.4 Å². The maximum absolute atomic E-state index is 12.9. The van der Waals surface area contributed by atoms with Crippen molar-refractivity contribution < 1.29 is 9.18 Å². The number of hydrogen-bond acceptors (Lipinski definition) is 3. The Morgan fingerprint density at radius 1 is 1.25 bits per heavy atom. The summed E-state index contributed by atoms with van der Waals surface area (Å²) >= 11 is 0. The lowest BCUT2D eigenvalue weighted by molar-refractivity contribution is -0.130. The fourth-order valence-corrected chi connectivity index (χ4v) is 2.27. The van der Waals surface area contributed by atoms with E-state index in [1.165, 1.54) is 35.9 Å². The first-order chi connectivity index (χ1) is 9.56. The van der Waals surface area contributed by atoms with Crippen LogP contribution in [-0.4, -0.2) is 31.7 Å². The fraction of sp³-hybridized carbons (Fsp3) is 0.308. The Bertz CT molecular complexity index is 717. The molecular weight excluding hydrogens is 263 g/mol. The first-order valence-electron chi connectivity index (χ1n) is 6.26. The van der Waals surface area contributed by atoms with Crippen molar-refractivity contribution >= 4 is 5.91 Å². The highest BCUT2D eigenvalue weighted by molar-refractivity contribution is 5.73. The second-order valence-corrected chi connectivity index (χ2v) is 4.68. The number of hydrogen-bond donors (Lipinski definition) is 0. The normalized spacial score (nSPS) is 14.2. The van der Waals surface area contributed by atoms with E-state index in [0.29, 0.717) is 31.1 Å². The lowest BCUT2D eigenvalue weighted by Crippen LogP contribution is -2.39. The third kappa shape index (κ3) is 2.01. The van der Waals surface area contributed by atoms with Crippen LogP contribution in [0, 0.1) is 5.82 Å². The van der Waals surface area contributed by atoms with Crippen molar-refractivity contribution in [1.82, 2.24) is 19.2 Å². The van der Waals surface area contributed by atoms with Crippen molar-refractivity contribution in [2.24, 2.45) is 0 Å². The number of carbonyl (C=O) groups is 1. The van der Waals surface area contributed by atoms with Crippen molar-refractivity contribution in [1.29, 1.82) is 0 Å². The van der Waals surface area contributed by atoms with E-state index in [1.54, 1.807) is 9.47 Å². The quantitative estimate of drug-likeness (QED) is 0.763. The van der Waals surface area contributed by atoms with Gasteiger partial charge in [0, 0.05) is 20.0 Å². The zero-order chi connectivity index (χ0) is 14.3. The molecule has 6 nitrogen and oxygen atoms in total. The van der Waals surface area contributed by atoms with Crippen LogP contribution in [0.25, 0.3) is 5.69 Å². The molecule has 0 saturated carbocycles. The summed E-state index contributed by atoms with van der Waals surface area (Å²) in [6, 6.07) is 5.56. The molecule has 2 heterocycles. The minimum absolute atomic E-state index is 0.0416. The minimum Gasteiger partial charge on any atom is -0.334 e. The molecule has 1 aromatic heterocycles. The van der Waals surface area contributed by atoms with E-state index >= 15 is 0 Å². The van der Waals surface area contributed by atoms with Crippen LogP contribution in [0.3, 0.4) is 0 Å². The molecule has 1 aliphatic heterocycles. The molecular formula is C13H13FN4O2. The maximum Gasteiger partial charge on any atom is 0.350 e. The largest absolute Gasteiger partial charge is 0.350 e. The zero-order valence-electron chi connectivity index (χ0n) is 10.9. The summed E-state index contributed by atoms with van der Waals surface area (Å²) in [6.07, 6.45) is 0. The van der Waals surface area contributed by atoms with Gasteiger partial charge in [-0.15, -0.1) is 5.10 Å². The van der Waals surface area contributed by atoms with Gasteiger partial charge in [-0.05, 0) is 24.3 Å². The Labute approximate surface area is 114 Å². The molecule has 1 aliphatic rings. The van der Waals surface area contributed by atoms with Gasteiger partial charge in [-0.1, -0.05) is 0 Å². The van der Waals surface area contributed by atoms with Gasteiger partial charge in [-0.2, -0.15) is 4.68 Å². The number of aromatic nitrogens is 3. The van der Waals surface area contributed by atoms with Crippen molar-refractivity contribution in [3.63, 3.8) is 0 Å². The molecule has 0 fully saturated rings. The molecule has 104 valence electrons. The Balaban J connectivity index is 2.02. The van der Waals surface area contributed by atoms with Crippen LogP contribution >= 0.6 is 0 Å². The van der Waals surface area contributed by atoms with Crippen LogP contribution in [-0.2, 0) is 17.9 Å². The van der Waals surface area contributed by atoms with E-state index in [4.69, 9.17) is 0 Å². The monoisotopic (exact) mass is 276 g/mol. The average Bonchev–Trinajstić information content (AvgIpc) is 2.76. The molecule has 0 radical (unpaired) electrons. The number of benzene rings is 1. The molecule has 1 amide bonds. The van der Waals surface area contributed by atoms with Gasteiger partial charge in [0.05, 0.1) is 12.2 Å². The highest BCUT2D eigenvalue weighted by atomic mass is 19.1. The van der Waals surface area contributed by atoms with Crippen molar-refractivity contribution in [2.75, 3.05) is 6.54 Å².